The molecule has 0 radical (unpaired) electrons. The summed E-state index contributed by atoms with van der Waals surface area (Å²) in [6.07, 6.45) is 3.40. The van der Waals surface area contributed by atoms with E-state index in [2.05, 4.69) is 19.2 Å². The first kappa shape index (κ1) is 27.2. The number of hydrogen-bond donors (Lipinski definition) is 1. The molecule has 2 fully saturated rings. The van der Waals surface area contributed by atoms with Gasteiger partial charge in [-0.25, -0.2) is 4.79 Å². The van der Waals surface area contributed by atoms with Gasteiger partial charge in [0.2, 0.25) is 11.8 Å². The maximum absolute atomic E-state index is 14.0. The highest BCUT2D eigenvalue weighted by atomic mass is 16.6. The molecule has 2 aromatic rings. The summed E-state index contributed by atoms with van der Waals surface area (Å²) in [7, 11) is 1.57. The Balaban J connectivity index is 1.50. The lowest BCUT2D eigenvalue weighted by Gasteiger charge is -2.32. The quantitative estimate of drug-likeness (QED) is 0.633. The van der Waals surface area contributed by atoms with E-state index in [9.17, 15) is 14.4 Å². The van der Waals surface area contributed by atoms with Crippen LogP contribution in [0, 0.1) is 17.3 Å². The van der Waals surface area contributed by atoms with Crippen LogP contribution in [0.15, 0.2) is 36.5 Å². The van der Waals surface area contributed by atoms with Crippen molar-refractivity contribution >= 4 is 28.8 Å². The number of nitrogens with one attached hydrogen (secondary N) is 1. The van der Waals surface area contributed by atoms with E-state index in [-0.39, 0.29) is 41.2 Å². The van der Waals surface area contributed by atoms with Gasteiger partial charge in [0.1, 0.15) is 11.6 Å². The zero-order chi connectivity index (χ0) is 27.1. The molecule has 1 aromatic heterocycles. The number of amides is 2. The van der Waals surface area contributed by atoms with Crippen LogP contribution in [-0.4, -0.2) is 64.8 Å². The van der Waals surface area contributed by atoms with Crippen LogP contribution >= 0.6 is 0 Å². The molecule has 2 aliphatic rings. The summed E-state index contributed by atoms with van der Waals surface area (Å²) in [5.41, 5.74) is 0.0236. The molecule has 1 saturated carbocycles. The second-order valence-corrected chi connectivity index (χ2v) is 12.3. The van der Waals surface area contributed by atoms with Crippen molar-refractivity contribution in [3.05, 3.63) is 36.5 Å². The van der Waals surface area contributed by atoms with Crippen molar-refractivity contribution < 1.29 is 23.9 Å². The summed E-state index contributed by atoms with van der Waals surface area (Å²) in [4.78, 5) is 40.9. The standard InChI is InChI=1S/C29H41N3O5/c1-18(31(7)27(35)37-28(2,3)4)25(33)30-20-13-15-36-23-17-29(5,6)24(21(23)16-20)26(34)32-14-12-19-10-8-9-11-22(19)32/h8-12,14,18,20-21,23-24H,13,15-17H2,1-7H3,(H,30,33)/t18-,20-,21?,23-,24+/m0/s1. The Labute approximate surface area is 219 Å². The lowest BCUT2D eigenvalue weighted by Crippen LogP contribution is -2.50. The maximum Gasteiger partial charge on any atom is 0.410 e. The number of aromatic nitrogens is 1. The number of rotatable bonds is 4. The summed E-state index contributed by atoms with van der Waals surface area (Å²) in [6.45, 7) is 11.9. The molecule has 8 nitrogen and oxygen atoms in total. The van der Waals surface area contributed by atoms with E-state index in [1.807, 2.05) is 36.5 Å². The number of para-hydroxylation sites is 1. The van der Waals surface area contributed by atoms with E-state index in [1.165, 1.54) is 4.90 Å². The van der Waals surface area contributed by atoms with E-state index < -0.39 is 17.7 Å². The Morgan fingerprint density at radius 3 is 2.59 bits per heavy atom. The number of nitrogens with zero attached hydrogens (tertiary/aromatic N) is 2. The molecule has 1 aliphatic heterocycles. The smallest absolute Gasteiger partial charge is 0.410 e. The van der Waals surface area contributed by atoms with Crippen LogP contribution in [0.2, 0.25) is 0 Å². The molecule has 2 amide bonds. The average Bonchev–Trinajstić information content (AvgIpc) is 3.28. The van der Waals surface area contributed by atoms with Crippen molar-refractivity contribution in [2.75, 3.05) is 13.7 Å². The monoisotopic (exact) mass is 511 g/mol. The molecule has 1 aromatic carbocycles. The fourth-order valence-electron chi connectivity index (χ4n) is 5.93. The van der Waals surface area contributed by atoms with Crippen LogP contribution < -0.4 is 5.32 Å². The van der Waals surface area contributed by atoms with Crippen molar-refractivity contribution in [2.24, 2.45) is 17.3 Å². The molecule has 1 aliphatic carbocycles. The van der Waals surface area contributed by atoms with E-state index in [0.717, 1.165) is 17.3 Å². The van der Waals surface area contributed by atoms with Crippen LogP contribution in [0.5, 0.6) is 0 Å². The molecule has 1 saturated heterocycles. The third-order valence-corrected chi connectivity index (χ3v) is 7.92. The summed E-state index contributed by atoms with van der Waals surface area (Å²) < 4.78 is 13.5. The second kappa shape index (κ2) is 10.1. The predicted octanol–water partition coefficient (Wildman–Crippen LogP) is 4.86. The lowest BCUT2D eigenvalue weighted by atomic mass is 9.76. The normalized spacial score (nSPS) is 26.1. The highest BCUT2D eigenvalue weighted by Crippen LogP contribution is 2.51. The number of benzene rings is 1. The number of fused-ring (bicyclic) bond motifs is 2. The van der Waals surface area contributed by atoms with Crippen molar-refractivity contribution in [3.8, 4) is 0 Å². The first-order valence-electron chi connectivity index (χ1n) is 13.3. The van der Waals surface area contributed by atoms with E-state index in [1.54, 1.807) is 39.3 Å². The van der Waals surface area contributed by atoms with E-state index in [0.29, 0.717) is 19.4 Å². The molecule has 1 N–H and O–H groups in total. The van der Waals surface area contributed by atoms with Crippen LogP contribution in [0.4, 0.5) is 4.79 Å². The fourth-order valence-corrected chi connectivity index (χ4v) is 5.93. The van der Waals surface area contributed by atoms with Gasteiger partial charge in [-0.15, -0.1) is 0 Å². The Hall–Kier alpha value is -2.87. The Bertz CT molecular complexity index is 1160. The topological polar surface area (TPSA) is 89.9 Å². The SMILES string of the molecule is C[C@@H](C(=O)N[C@H]1CCO[C@H]2CC(C)(C)[C@@H](C(=O)n3ccc4ccccc43)C2C1)N(C)C(=O)OC(C)(C)C. The van der Waals surface area contributed by atoms with Gasteiger partial charge in [0.05, 0.1) is 11.6 Å². The minimum Gasteiger partial charge on any atom is -0.444 e. The zero-order valence-electron chi connectivity index (χ0n) is 23.1. The van der Waals surface area contributed by atoms with Crippen molar-refractivity contribution in [1.29, 1.82) is 0 Å². The van der Waals surface area contributed by atoms with Crippen LogP contribution in [0.3, 0.4) is 0 Å². The highest BCUT2D eigenvalue weighted by molar-refractivity contribution is 5.94. The maximum atomic E-state index is 14.0. The Morgan fingerprint density at radius 2 is 1.89 bits per heavy atom. The molecule has 202 valence electrons. The molecule has 2 heterocycles. The molecular formula is C29H41N3O5. The van der Waals surface area contributed by atoms with Gasteiger partial charge in [0.15, 0.2) is 0 Å². The molecule has 37 heavy (non-hydrogen) atoms. The van der Waals surface area contributed by atoms with Gasteiger partial charge in [-0.1, -0.05) is 32.0 Å². The fraction of sp³-hybridized carbons (Fsp3) is 0.621. The van der Waals surface area contributed by atoms with Crippen LogP contribution in [0.25, 0.3) is 10.9 Å². The van der Waals surface area contributed by atoms with Crippen molar-refractivity contribution in [3.63, 3.8) is 0 Å². The molecule has 4 rings (SSSR count). The summed E-state index contributed by atoms with van der Waals surface area (Å²) in [5.74, 6) is -0.427. The minimum atomic E-state index is -0.696. The minimum absolute atomic E-state index is 0.0182. The number of likely N-dealkylation sites (N-methyl/N-ethyl adjacent to an activating group) is 1. The summed E-state index contributed by atoms with van der Waals surface area (Å²) in [6, 6.07) is 9.03. The first-order valence-corrected chi connectivity index (χ1v) is 13.3. The highest BCUT2D eigenvalue weighted by Gasteiger charge is 2.53. The molecule has 1 unspecified atom stereocenters. The summed E-state index contributed by atoms with van der Waals surface area (Å²) >= 11 is 0. The molecule has 8 heteroatoms. The van der Waals surface area contributed by atoms with E-state index in [4.69, 9.17) is 9.47 Å². The van der Waals surface area contributed by atoms with Gasteiger partial charge < -0.3 is 14.8 Å². The van der Waals surface area contributed by atoms with Gasteiger partial charge in [-0.2, -0.15) is 0 Å². The molecule has 0 bridgehead atoms. The second-order valence-electron chi connectivity index (χ2n) is 12.3. The Kier molecular flexibility index (Phi) is 7.43. The van der Waals surface area contributed by atoms with Gasteiger partial charge in [-0.05, 0) is 70.4 Å². The first-order chi connectivity index (χ1) is 17.3. The number of carbonyl (C=O) groups excluding carboxylic acids is 3. The summed E-state index contributed by atoms with van der Waals surface area (Å²) in [5, 5.41) is 4.17. The van der Waals surface area contributed by atoms with Crippen molar-refractivity contribution in [1.82, 2.24) is 14.8 Å². The van der Waals surface area contributed by atoms with Gasteiger partial charge >= 0.3 is 6.09 Å². The predicted molar refractivity (Wildman–Crippen MR) is 142 cm³/mol. The number of hydrogen-bond acceptors (Lipinski definition) is 5. The number of carbonyl (C=O) groups is 3. The molecule has 0 spiro atoms. The largest absolute Gasteiger partial charge is 0.444 e. The zero-order valence-corrected chi connectivity index (χ0v) is 23.1. The number of ether oxygens (including phenoxy) is 2. The molecular weight excluding hydrogens is 470 g/mol. The van der Waals surface area contributed by atoms with Gasteiger partial charge in [0.25, 0.3) is 0 Å². The van der Waals surface area contributed by atoms with Crippen LogP contribution in [-0.2, 0) is 14.3 Å². The third-order valence-electron chi connectivity index (χ3n) is 7.92. The van der Waals surface area contributed by atoms with Gasteiger partial charge in [0, 0.05) is 37.2 Å². The Morgan fingerprint density at radius 1 is 1.19 bits per heavy atom. The third kappa shape index (κ3) is 5.69. The average molecular weight is 512 g/mol. The lowest BCUT2D eigenvalue weighted by molar-refractivity contribution is -0.126. The van der Waals surface area contributed by atoms with E-state index >= 15 is 0 Å². The molecule has 5 atom stereocenters. The van der Waals surface area contributed by atoms with Crippen molar-refractivity contribution in [2.45, 2.75) is 84.6 Å². The van der Waals surface area contributed by atoms with Gasteiger partial charge in [-0.3, -0.25) is 19.1 Å². The van der Waals surface area contributed by atoms with Crippen LogP contribution in [0.1, 0.15) is 65.6 Å².